The van der Waals surface area contributed by atoms with Crippen molar-refractivity contribution in [2.45, 2.75) is 6.92 Å². The first-order chi connectivity index (χ1) is 12.1. The Hall–Kier alpha value is -3.33. The first kappa shape index (κ1) is 15.2. The van der Waals surface area contributed by atoms with Gasteiger partial charge in [-0.2, -0.15) is 0 Å². The average Bonchev–Trinajstić information content (AvgIpc) is 2.62. The van der Waals surface area contributed by atoms with Crippen molar-refractivity contribution in [2.75, 3.05) is 0 Å². The summed E-state index contributed by atoms with van der Waals surface area (Å²) in [5.74, 6) is 0.206. The highest BCUT2D eigenvalue weighted by Crippen LogP contribution is 2.44. The maximum atomic E-state index is 11.6. The number of benzene rings is 4. The lowest BCUT2D eigenvalue weighted by Gasteiger charge is -2.16. The summed E-state index contributed by atoms with van der Waals surface area (Å²) in [6, 6.07) is 23.0. The molecule has 4 aromatic rings. The molecule has 0 fully saturated rings. The Balaban J connectivity index is 2.16. The summed E-state index contributed by atoms with van der Waals surface area (Å²) in [4.78, 5) is 11.6. The predicted molar refractivity (Wildman–Crippen MR) is 99.9 cm³/mol. The minimum atomic E-state index is -0.392. The molecule has 0 heterocycles. The van der Waals surface area contributed by atoms with Gasteiger partial charge in [0.15, 0.2) is 0 Å². The molecule has 0 aliphatic carbocycles. The average molecular weight is 328 g/mol. The molecule has 4 aromatic carbocycles. The van der Waals surface area contributed by atoms with Crippen LogP contribution >= 0.6 is 0 Å². The Bertz CT molecular complexity index is 1110. The van der Waals surface area contributed by atoms with Crippen molar-refractivity contribution < 1.29 is 14.6 Å². The van der Waals surface area contributed by atoms with Gasteiger partial charge in [0, 0.05) is 18.1 Å². The first-order valence-electron chi connectivity index (χ1n) is 8.06. The number of hydrogen-bond acceptors (Lipinski definition) is 3. The molecular weight excluding hydrogens is 312 g/mol. The van der Waals surface area contributed by atoms with Crippen LogP contribution in [0, 0.1) is 0 Å². The smallest absolute Gasteiger partial charge is 0.308 e. The van der Waals surface area contributed by atoms with Gasteiger partial charge in [0.25, 0.3) is 0 Å². The normalized spacial score (nSPS) is 10.9. The molecule has 1 N–H and O–H groups in total. The van der Waals surface area contributed by atoms with E-state index in [0.29, 0.717) is 11.3 Å². The van der Waals surface area contributed by atoms with E-state index in [2.05, 4.69) is 0 Å². The molecule has 0 aliphatic rings. The van der Waals surface area contributed by atoms with Crippen molar-refractivity contribution in [2.24, 2.45) is 0 Å². The maximum absolute atomic E-state index is 11.6. The summed E-state index contributed by atoms with van der Waals surface area (Å²) in [7, 11) is 0. The van der Waals surface area contributed by atoms with Gasteiger partial charge in [-0.05, 0) is 33.7 Å². The molecule has 0 saturated carbocycles. The van der Waals surface area contributed by atoms with E-state index >= 15 is 0 Å². The Kier molecular flexibility index (Phi) is 3.62. The number of aromatic hydroxyl groups is 1. The SMILES string of the molecule is CC(=O)Oc1ccc2ccccc2c1-c1c(O)ccc2ccccc12. The van der Waals surface area contributed by atoms with Gasteiger partial charge in [0.05, 0.1) is 0 Å². The summed E-state index contributed by atoms with van der Waals surface area (Å²) in [6.45, 7) is 1.38. The van der Waals surface area contributed by atoms with E-state index in [4.69, 9.17) is 4.74 Å². The molecule has 4 rings (SSSR count). The number of carbonyl (C=O) groups is 1. The summed E-state index contributed by atoms with van der Waals surface area (Å²) in [5, 5.41) is 14.5. The van der Waals surface area contributed by atoms with Gasteiger partial charge in [-0.15, -0.1) is 0 Å². The number of rotatable bonds is 2. The molecule has 0 radical (unpaired) electrons. The zero-order valence-electron chi connectivity index (χ0n) is 13.7. The third-order valence-corrected chi connectivity index (χ3v) is 4.30. The first-order valence-corrected chi connectivity index (χ1v) is 8.06. The van der Waals surface area contributed by atoms with Crippen LogP contribution in [0.25, 0.3) is 32.7 Å². The van der Waals surface area contributed by atoms with Crippen LogP contribution in [-0.2, 0) is 4.79 Å². The van der Waals surface area contributed by atoms with Gasteiger partial charge in [0.1, 0.15) is 11.5 Å². The van der Waals surface area contributed by atoms with Crippen molar-refractivity contribution in [3.63, 3.8) is 0 Å². The quantitative estimate of drug-likeness (QED) is 0.402. The monoisotopic (exact) mass is 328 g/mol. The number of hydrogen-bond donors (Lipinski definition) is 1. The fourth-order valence-electron chi connectivity index (χ4n) is 3.27. The van der Waals surface area contributed by atoms with Crippen molar-refractivity contribution in [1.29, 1.82) is 0 Å². The van der Waals surface area contributed by atoms with Gasteiger partial charge in [0.2, 0.25) is 0 Å². The summed E-state index contributed by atoms with van der Waals surface area (Å²) in [5.41, 5.74) is 1.40. The van der Waals surface area contributed by atoms with E-state index in [1.165, 1.54) is 6.92 Å². The second-order valence-electron chi connectivity index (χ2n) is 5.93. The van der Waals surface area contributed by atoms with Crippen LogP contribution in [0.2, 0.25) is 0 Å². The van der Waals surface area contributed by atoms with Crippen LogP contribution < -0.4 is 4.74 Å². The Labute approximate surface area is 145 Å². The van der Waals surface area contributed by atoms with Crippen molar-refractivity contribution >= 4 is 27.5 Å². The number of ether oxygens (including phenoxy) is 1. The number of phenols is 1. The van der Waals surface area contributed by atoms with Crippen LogP contribution in [0.4, 0.5) is 0 Å². The standard InChI is InChI=1S/C22H16O3/c1-14(23)25-20-13-11-16-7-3-5-9-18(16)22(20)21-17-8-4-2-6-15(17)10-12-19(21)24/h2-13,24H,1H3. The molecule has 0 saturated heterocycles. The third kappa shape index (κ3) is 2.60. The molecular formula is C22H16O3. The minimum Gasteiger partial charge on any atom is -0.507 e. The second kappa shape index (κ2) is 5.95. The Morgan fingerprint density at radius 2 is 1.32 bits per heavy atom. The molecule has 3 nitrogen and oxygen atoms in total. The zero-order chi connectivity index (χ0) is 17.4. The molecule has 0 aliphatic heterocycles. The number of carbonyl (C=O) groups excluding carboxylic acids is 1. The molecule has 0 unspecified atom stereocenters. The minimum absolute atomic E-state index is 0.156. The van der Waals surface area contributed by atoms with E-state index < -0.39 is 5.97 Å². The predicted octanol–water partition coefficient (Wildman–Crippen LogP) is 5.29. The Morgan fingerprint density at radius 1 is 0.760 bits per heavy atom. The summed E-state index contributed by atoms with van der Waals surface area (Å²) >= 11 is 0. The lowest BCUT2D eigenvalue weighted by atomic mass is 9.92. The molecule has 122 valence electrons. The van der Waals surface area contributed by atoms with Crippen molar-refractivity contribution in [1.82, 2.24) is 0 Å². The van der Waals surface area contributed by atoms with Crippen molar-refractivity contribution in [3.05, 3.63) is 72.8 Å². The van der Waals surface area contributed by atoms with E-state index in [-0.39, 0.29) is 5.75 Å². The fourth-order valence-corrected chi connectivity index (χ4v) is 3.27. The molecule has 0 bridgehead atoms. The third-order valence-electron chi connectivity index (χ3n) is 4.30. The van der Waals surface area contributed by atoms with Crippen LogP contribution in [0.15, 0.2) is 72.8 Å². The molecule has 25 heavy (non-hydrogen) atoms. The van der Waals surface area contributed by atoms with Crippen LogP contribution in [-0.4, -0.2) is 11.1 Å². The lowest BCUT2D eigenvalue weighted by molar-refractivity contribution is -0.131. The lowest BCUT2D eigenvalue weighted by Crippen LogP contribution is -2.03. The van der Waals surface area contributed by atoms with E-state index in [0.717, 1.165) is 27.1 Å². The molecule has 3 heteroatoms. The second-order valence-corrected chi connectivity index (χ2v) is 5.93. The summed E-state index contributed by atoms with van der Waals surface area (Å²) < 4.78 is 5.46. The summed E-state index contributed by atoms with van der Waals surface area (Å²) in [6.07, 6.45) is 0. The van der Waals surface area contributed by atoms with Crippen molar-refractivity contribution in [3.8, 4) is 22.6 Å². The zero-order valence-corrected chi connectivity index (χ0v) is 13.7. The fraction of sp³-hybridized carbons (Fsp3) is 0.0455. The van der Waals surface area contributed by atoms with Crippen LogP contribution in [0.3, 0.4) is 0 Å². The van der Waals surface area contributed by atoms with Crippen LogP contribution in [0.5, 0.6) is 11.5 Å². The Morgan fingerprint density at radius 3 is 1.96 bits per heavy atom. The number of esters is 1. The highest BCUT2D eigenvalue weighted by atomic mass is 16.5. The van der Waals surface area contributed by atoms with E-state index in [1.54, 1.807) is 12.1 Å². The number of phenolic OH excluding ortho intramolecular Hbond substituents is 1. The highest BCUT2D eigenvalue weighted by Gasteiger charge is 2.18. The van der Waals surface area contributed by atoms with Gasteiger partial charge in [-0.25, -0.2) is 0 Å². The van der Waals surface area contributed by atoms with Gasteiger partial charge >= 0.3 is 5.97 Å². The van der Waals surface area contributed by atoms with Gasteiger partial charge in [-0.1, -0.05) is 60.7 Å². The van der Waals surface area contributed by atoms with E-state index in [1.807, 2.05) is 60.7 Å². The van der Waals surface area contributed by atoms with Gasteiger partial charge < -0.3 is 9.84 Å². The maximum Gasteiger partial charge on any atom is 0.308 e. The molecule has 0 atom stereocenters. The van der Waals surface area contributed by atoms with Gasteiger partial charge in [-0.3, -0.25) is 4.79 Å². The topological polar surface area (TPSA) is 46.5 Å². The highest BCUT2D eigenvalue weighted by molar-refractivity contribution is 6.10. The van der Waals surface area contributed by atoms with Crippen LogP contribution in [0.1, 0.15) is 6.92 Å². The molecule has 0 aromatic heterocycles. The largest absolute Gasteiger partial charge is 0.507 e. The molecule has 0 amide bonds. The number of fused-ring (bicyclic) bond motifs is 2. The molecule has 0 spiro atoms. The van der Waals surface area contributed by atoms with E-state index in [9.17, 15) is 9.90 Å².